The Morgan fingerprint density at radius 1 is 1.56 bits per heavy atom. The van der Waals surface area contributed by atoms with Crippen LogP contribution in [0.1, 0.15) is 32.6 Å². The second-order valence-electron chi connectivity index (χ2n) is 5.45. The van der Waals surface area contributed by atoms with Gasteiger partial charge < -0.3 is 15.8 Å². The van der Waals surface area contributed by atoms with Gasteiger partial charge >= 0.3 is 0 Å². The van der Waals surface area contributed by atoms with Crippen LogP contribution in [0.5, 0.6) is 0 Å². The number of rotatable bonds is 3. The van der Waals surface area contributed by atoms with Crippen LogP contribution in [0.3, 0.4) is 0 Å². The zero-order valence-corrected chi connectivity index (χ0v) is 10.00. The summed E-state index contributed by atoms with van der Waals surface area (Å²) in [4.78, 5) is 11.9. The van der Waals surface area contributed by atoms with Gasteiger partial charge in [-0.3, -0.25) is 4.79 Å². The van der Waals surface area contributed by atoms with Crippen molar-refractivity contribution in [2.24, 2.45) is 17.6 Å². The fraction of sp³-hybridized carbons (Fsp3) is 0.917. The minimum atomic E-state index is -0.774. The molecule has 1 saturated heterocycles. The first-order valence-corrected chi connectivity index (χ1v) is 6.25. The summed E-state index contributed by atoms with van der Waals surface area (Å²) >= 11 is 0. The van der Waals surface area contributed by atoms with E-state index in [1.165, 1.54) is 19.3 Å². The molecule has 1 aliphatic carbocycles. The summed E-state index contributed by atoms with van der Waals surface area (Å²) in [5.74, 6) is 1.41. The second-order valence-corrected chi connectivity index (χ2v) is 5.45. The first-order chi connectivity index (χ1) is 7.60. The highest BCUT2D eigenvalue weighted by atomic mass is 16.5. The minimum Gasteiger partial charge on any atom is -0.379 e. The molecule has 92 valence electrons. The zero-order chi connectivity index (χ0) is 11.6. The standard InChI is InChI=1S/C12H22N2O2/c1-9-2-3-10(6-9)7-14-11(15)12(13)4-5-16-8-12/h9-10H,2-8,13H2,1H3,(H,14,15). The number of ether oxygens (including phenoxy) is 1. The van der Waals surface area contributed by atoms with Crippen LogP contribution >= 0.6 is 0 Å². The molecule has 1 aliphatic heterocycles. The number of nitrogens with two attached hydrogens (primary N) is 1. The van der Waals surface area contributed by atoms with Crippen molar-refractivity contribution in [2.45, 2.75) is 38.1 Å². The van der Waals surface area contributed by atoms with Crippen molar-refractivity contribution in [3.8, 4) is 0 Å². The molecule has 4 heteroatoms. The molecule has 16 heavy (non-hydrogen) atoms. The monoisotopic (exact) mass is 226 g/mol. The molecular weight excluding hydrogens is 204 g/mol. The van der Waals surface area contributed by atoms with Gasteiger partial charge in [-0.15, -0.1) is 0 Å². The van der Waals surface area contributed by atoms with Crippen molar-refractivity contribution in [1.29, 1.82) is 0 Å². The third-order valence-electron chi connectivity index (χ3n) is 3.86. The van der Waals surface area contributed by atoms with Crippen LogP contribution in [-0.2, 0) is 9.53 Å². The lowest BCUT2D eigenvalue weighted by Gasteiger charge is -2.22. The predicted molar refractivity (Wildman–Crippen MR) is 61.9 cm³/mol. The van der Waals surface area contributed by atoms with E-state index in [0.29, 0.717) is 25.6 Å². The average Bonchev–Trinajstić information content (AvgIpc) is 2.85. The van der Waals surface area contributed by atoms with Gasteiger partial charge in [0.25, 0.3) is 0 Å². The van der Waals surface area contributed by atoms with Crippen LogP contribution in [0.25, 0.3) is 0 Å². The highest BCUT2D eigenvalue weighted by Gasteiger charge is 2.38. The lowest BCUT2D eigenvalue weighted by molar-refractivity contribution is -0.126. The Hall–Kier alpha value is -0.610. The summed E-state index contributed by atoms with van der Waals surface area (Å²) in [6, 6.07) is 0. The van der Waals surface area contributed by atoms with Crippen LogP contribution in [0.15, 0.2) is 0 Å². The van der Waals surface area contributed by atoms with E-state index in [1.807, 2.05) is 0 Å². The molecule has 0 aromatic carbocycles. The highest BCUT2D eigenvalue weighted by Crippen LogP contribution is 2.29. The molecule has 0 radical (unpaired) electrons. The summed E-state index contributed by atoms with van der Waals surface area (Å²) < 4.78 is 5.18. The van der Waals surface area contributed by atoms with E-state index >= 15 is 0 Å². The third kappa shape index (κ3) is 2.55. The summed E-state index contributed by atoms with van der Waals surface area (Å²) in [7, 11) is 0. The topological polar surface area (TPSA) is 64.4 Å². The maximum Gasteiger partial charge on any atom is 0.242 e. The lowest BCUT2D eigenvalue weighted by Crippen LogP contribution is -2.55. The fourth-order valence-corrected chi connectivity index (χ4v) is 2.68. The normalized spacial score (nSPS) is 38.9. The molecule has 3 N–H and O–H groups in total. The second kappa shape index (κ2) is 4.72. The van der Waals surface area contributed by atoms with Crippen LogP contribution in [0.4, 0.5) is 0 Å². The number of nitrogens with one attached hydrogen (secondary N) is 1. The van der Waals surface area contributed by atoms with Gasteiger partial charge in [-0.1, -0.05) is 13.3 Å². The zero-order valence-electron chi connectivity index (χ0n) is 10.00. The maximum atomic E-state index is 11.9. The average molecular weight is 226 g/mol. The smallest absolute Gasteiger partial charge is 0.242 e. The Labute approximate surface area is 96.9 Å². The van der Waals surface area contributed by atoms with E-state index in [9.17, 15) is 4.79 Å². The summed E-state index contributed by atoms with van der Waals surface area (Å²) in [5.41, 5.74) is 5.20. The van der Waals surface area contributed by atoms with Crippen molar-refractivity contribution in [2.75, 3.05) is 19.8 Å². The largest absolute Gasteiger partial charge is 0.379 e. The maximum absolute atomic E-state index is 11.9. The van der Waals surface area contributed by atoms with Gasteiger partial charge in [0, 0.05) is 13.2 Å². The molecule has 2 rings (SSSR count). The van der Waals surface area contributed by atoms with E-state index in [1.54, 1.807) is 0 Å². The minimum absolute atomic E-state index is 0.0375. The van der Waals surface area contributed by atoms with Gasteiger partial charge in [0.05, 0.1) is 6.61 Å². The molecule has 1 heterocycles. The number of hydrogen-bond donors (Lipinski definition) is 2. The van der Waals surface area contributed by atoms with Crippen LogP contribution in [-0.4, -0.2) is 31.2 Å². The van der Waals surface area contributed by atoms with Gasteiger partial charge in [0.15, 0.2) is 0 Å². The molecular formula is C12H22N2O2. The molecule has 3 unspecified atom stereocenters. The molecule has 1 amide bonds. The molecule has 0 spiro atoms. The molecule has 2 aliphatic rings. The van der Waals surface area contributed by atoms with E-state index < -0.39 is 5.54 Å². The van der Waals surface area contributed by atoms with Gasteiger partial charge in [-0.25, -0.2) is 0 Å². The highest BCUT2D eigenvalue weighted by molar-refractivity contribution is 5.86. The van der Waals surface area contributed by atoms with E-state index in [4.69, 9.17) is 10.5 Å². The Kier molecular flexibility index (Phi) is 3.50. The Morgan fingerprint density at radius 3 is 2.94 bits per heavy atom. The van der Waals surface area contributed by atoms with Crippen LogP contribution in [0, 0.1) is 11.8 Å². The van der Waals surface area contributed by atoms with E-state index in [2.05, 4.69) is 12.2 Å². The third-order valence-corrected chi connectivity index (χ3v) is 3.86. The number of carbonyl (C=O) groups excluding carboxylic acids is 1. The molecule has 0 aromatic heterocycles. The van der Waals surface area contributed by atoms with Crippen molar-refractivity contribution >= 4 is 5.91 Å². The van der Waals surface area contributed by atoms with Gasteiger partial charge in [-0.05, 0) is 31.1 Å². The molecule has 3 atom stereocenters. The van der Waals surface area contributed by atoms with Crippen LogP contribution in [0.2, 0.25) is 0 Å². The van der Waals surface area contributed by atoms with Crippen molar-refractivity contribution in [3.63, 3.8) is 0 Å². The molecule has 4 nitrogen and oxygen atoms in total. The number of carbonyl (C=O) groups is 1. The van der Waals surface area contributed by atoms with Gasteiger partial charge in [-0.2, -0.15) is 0 Å². The fourth-order valence-electron chi connectivity index (χ4n) is 2.68. The predicted octanol–water partition coefficient (Wildman–Crippen LogP) is 0.657. The summed E-state index contributed by atoms with van der Waals surface area (Å²) in [6.07, 6.45) is 4.39. The SMILES string of the molecule is CC1CCC(CNC(=O)C2(N)CCOC2)C1. The molecule has 1 saturated carbocycles. The first kappa shape index (κ1) is 11.9. The number of hydrogen-bond acceptors (Lipinski definition) is 3. The van der Waals surface area contributed by atoms with Gasteiger partial charge in [0.2, 0.25) is 5.91 Å². The summed E-state index contributed by atoms with van der Waals surface area (Å²) in [5, 5.41) is 2.98. The van der Waals surface area contributed by atoms with E-state index in [0.717, 1.165) is 12.5 Å². The first-order valence-electron chi connectivity index (χ1n) is 6.25. The Bertz CT molecular complexity index is 262. The van der Waals surface area contributed by atoms with Crippen molar-refractivity contribution in [3.05, 3.63) is 0 Å². The Morgan fingerprint density at radius 2 is 2.38 bits per heavy atom. The Balaban J connectivity index is 1.75. The van der Waals surface area contributed by atoms with Gasteiger partial charge in [0.1, 0.15) is 5.54 Å². The molecule has 0 aromatic rings. The lowest BCUT2D eigenvalue weighted by atomic mass is 9.98. The molecule has 2 fully saturated rings. The quantitative estimate of drug-likeness (QED) is 0.743. The van der Waals surface area contributed by atoms with Crippen molar-refractivity contribution in [1.82, 2.24) is 5.32 Å². The van der Waals surface area contributed by atoms with E-state index in [-0.39, 0.29) is 5.91 Å². The molecule has 0 bridgehead atoms. The van der Waals surface area contributed by atoms with Crippen molar-refractivity contribution < 1.29 is 9.53 Å². The van der Waals surface area contributed by atoms with Crippen LogP contribution < -0.4 is 11.1 Å². The number of amides is 1. The summed E-state index contributed by atoms with van der Waals surface area (Å²) in [6.45, 7) is 4.02.